The minimum atomic E-state index is -1.26. The van der Waals surface area contributed by atoms with E-state index in [1.54, 1.807) is 31.3 Å². The van der Waals surface area contributed by atoms with E-state index >= 15 is 0 Å². The molecule has 0 saturated heterocycles. The van der Waals surface area contributed by atoms with Crippen LogP contribution in [0.3, 0.4) is 0 Å². The molecule has 2 aromatic carbocycles. The third-order valence-corrected chi connectivity index (χ3v) is 4.50. The molecule has 0 aliphatic rings. The number of fused-ring (bicyclic) bond motifs is 1. The van der Waals surface area contributed by atoms with Crippen LogP contribution in [0.5, 0.6) is 0 Å². The second kappa shape index (κ2) is 5.80. The topological polar surface area (TPSA) is 59.3 Å². The Kier molecular flexibility index (Phi) is 3.93. The van der Waals surface area contributed by atoms with E-state index in [1.807, 2.05) is 26.0 Å². The number of pyridine rings is 1. The van der Waals surface area contributed by atoms with Gasteiger partial charge in [0.1, 0.15) is 5.56 Å². The summed E-state index contributed by atoms with van der Waals surface area (Å²) in [7, 11) is 1.59. The molecular weight excluding hydrogens is 326 g/mol. The van der Waals surface area contributed by atoms with Gasteiger partial charge in [-0.1, -0.05) is 41.4 Å². The molecule has 0 fully saturated rings. The molecule has 0 aliphatic carbocycles. The molecule has 0 unspecified atom stereocenters. The van der Waals surface area contributed by atoms with Crippen LogP contribution in [0.25, 0.3) is 22.0 Å². The molecule has 0 aliphatic heterocycles. The van der Waals surface area contributed by atoms with Crippen molar-refractivity contribution < 1.29 is 9.90 Å². The van der Waals surface area contributed by atoms with E-state index in [4.69, 9.17) is 11.6 Å². The predicted octanol–water partition coefficient (Wildman–Crippen LogP) is 4.17. The van der Waals surface area contributed by atoms with Crippen molar-refractivity contribution in [2.75, 3.05) is 0 Å². The summed E-state index contributed by atoms with van der Waals surface area (Å²) in [5.74, 6) is -1.26. The summed E-state index contributed by atoms with van der Waals surface area (Å²) in [6.07, 6.45) is 0. The Balaban J connectivity index is 2.67. The molecule has 3 aromatic rings. The van der Waals surface area contributed by atoms with Crippen LogP contribution in [-0.2, 0) is 7.05 Å². The van der Waals surface area contributed by atoms with E-state index in [2.05, 4.69) is 0 Å². The molecule has 4 nitrogen and oxygen atoms in total. The van der Waals surface area contributed by atoms with Gasteiger partial charge in [-0.3, -0.25) is 4.79 Å². The highest BCUT2D eigenvalue weighted by atomic mass is 35.5. The lowest BCUT2D eigenvalue weighted by atomic mass is 9.93. The number of hydrogen-bond acceptors (Lipinski definition) is 2. The van der Waals surface area contributed by atoms with Crippen LogP contribution < -0.4 is 5.56 Å². The van der Waals surface area contributed by atoms with Crippen LogP contribution in [0.2, 0.25) is 5.02 Å². The van der Waals surface area contributed by atoms with E-state index in [-0.39, 0.29) is 5.56 Å². The Morgan fingerprint density at radius 2 is 1.83 bits per heavy atom. The van der Waals surface area contributed by atoms with Gasteiger partial charge in [-0.25, -0.2) is 4.79 Å². The summed E-state index contributed by atoms with van der Waals surface area (Å²) < 4.78 is 1.40. The molecule has 0 amide bonds. The molecule has 24 heavy (non-hydrogen) atoms. The third-order valence-electron chi connectivity index (χ3n) is 4.18. The Labute approximate surface area is 143 Å². The zero-order valence-electron chi connectivity index (χ0n) is 13.6. The van der Waals surface area contributed by atoms with E-state index in [9.17, 15) is 14.7 Å². The van der Waals surface area contributed by atoms with Crippen LogP contribution in [-0.4, -0.2) is 15.6 Å². The second-order valence-electron chi connectivity index (χ2n) is 5.88. The van der Waals surface area contributed by atoms with Crippen LogP contribution in [0.1, 0.15) is 21.5 Å². The molecule has 1 aromatic heterocycles. The number of nitrogens with zero attached hydrogens (tertiary/aromatic N) is 1. The monoisotopic (exact) mass is 341 g/mol. The average molecular weight is 342 g/mol. The lowest BCUT2D eigenvalue weighted by Gasteiger charge is -2.17. The van der Waals surface area contributed by atoms with Crippen LogP contribution in [0.15, 0.2) is 41.2 Å². The van der Waals surface area contributed by atoms with Crippen molar-refractivity contribution in [3.63, 3.8) is 0 Å². The number of aryl methyl sites for hydroxylation is 3. The highest BCUT2D eigenvalue weighted by molar-refractivity contribution is 6.34. The fourth-order valence-electron chi connectivity index (χ4n) is 3.25. The first-order chi connectivity index (χ1) is 11.3. The maximum absolute atomic E-state index is 12.7. The number of carbonyl (C=O) groups is 1. The third kappa shape index (κ3) is 2.39. The maximum Gasteiger partial charge on any atom is 0.342 e. The van der Waals surface area contributed by atoms with Crippen LogP contribution >= 0.6 is 11.6 Å². The Hall–Kier alpha value is -2.59. The van der Waals surface area contributed by atoms with Crippen molar-refractivity contribution >= 4 is 28.5 Å². The number of aromatic carboxylic acids is 1. The van der Waals surface area contributed by atoms with Gasteiger partial charge in [0, 0.05) is 28.6 Å². The number of carboxylic acid groups (broad SMARTS) is 1. The number of halogens is 1. The van der Waals surface area contributed by atoms with Crippen molar-refractivity contribution in [1.29, 1.82) is 0 Å². The van der Waals surface area contributed by atoms with Crippen molar-refractivity contribution in [1.82, 2.24) is 4.57 Å². The number of carboxylic acids is 1. The van der Waals surface area contributed by atoms with Crippen molar-refractivity contribution in [2.24, 2.45) is 7.05 Å². The molecule has 0 saturated carbocycles. The molecule has 1 N–H and O–H groups in total. The van der Waals surface area contributed by atoms with Gasteiger partial charge in [0.2, 0.25) is 0 Å². The van der Waals surface area contributed by atoms with Crippen LogP contribution in [0, 0.1) is 13.8 Å². The van der Waals surface area contributed by atoms with E-state index in [1.165, 1.54) is 4.57 Å². The molecule has 0 radical (unpaired) electrons. The Bertz CT molecular complexity index is 1050. The van der Waals surface area contributed by atoms with E-state index in [0.29, 0.717) is 27.1 Å². The Morgan fingerprint density at radius 1 is 1.17 bits per heavy atom. The van der Waals surface area contributed by atoms with Crippen molar-refractivity contribution in [3.8, 4) is 11.1 Å². The fraction of sp³-hybridized carbons (Fsp3) is 0.158. The largest absolute Gasteiger partial charge is 0.477 e. The van der Waals surface area contributed by atoms with Gasteiger partial charge < -0.3 is 9.67 Å². The first kappa shape index (κ1) is 16.3. The molecule has 0 bridgehead atoms. The minimum Gasteiger partial charge on any atom is -0.477 e. The summed E-state index contributed by atoms with van der Waals surface area (Å²) in [6, 6.07) is 10.8. The molecule has 0 spiro atoms. The highest BCUT2D eigenvalue weighted by Crippen LogP contribution is 2.36. The number of hydrogen-bond donors (Lipinski definition) is 1. The number of benzene rings is 2. The lowest BCUT2D eigenvalue weighted by Crippen LogP contribution is -2.26. The molecule has 0 atom stereocenters. The van der Waals surface area contributed by atoms with Crippen molar-refractivity contribution in [3.05, 3.63) is 68.5 Å². The van der Waals surface area contributed by atoms with Gasteiger partial charge in [0.05, 0.1) is 5.52 Å². The van der Waals surface area contributed by atoms with Gasteiger partial charge in [-0.2, -0.15) is 0 Å². The summed E-state index contributed by atoms with van der Waals surface area (Å²) >= 11 is 6.31. The molecular formula is C19H16ClNO3. The summed E-state index contributed by atoms with van der Waals surface area (Å²) in [6.45, 7) is 3.85. The zero-order chi connectivity index (χ0) is 17.6. The van der Waals surface area contributed by atoms with E-state index in [0.717, 1.165) is 11.1 Å². The predicted molar refractivity (Wildman–Crippen MR) is 96.1 cm³/mol. The first-order valence-corrected chi connectivity index (χ1v) is 7.83. The summed E-state index contributed by atoms with van der Waals surface area (Å²) in [5, 5.41) is 10.8. The summed E-state index contributed by atoms with van der Waals surface area (Å²) in [5.41, 5.74) is 2.73. The molecule has 1 heterocycles. The van der Waals surface area contributed by atoms with Crippen molar-refractivity contribution in [2.45, 2.75) is 13.8 Å². The lowest BCUT2D eigenvalue weighted by molar-refractivity contribution is 0.0695. The standard InChI is InChI=1S/C19H16ClNO3/c1-10-8-11(2)17-13(9-10)15(12-6-4-5-7-14(12)20)16(19(23)24)18(22)21(17)3/h4-9H,1-3H3,(H,23,24). The van der Waals surface area contributed by atoms with Crippen LogP contribution in [0.4, 0.5) is 0 Å². The molecule has 122 valence electrons. The molecule has 3 rings (SSSR count). The number of rotatable bonds is 2. The maximum atomic E-state index is 12.7. The van der Waals surface area contributed by atoms with Gasteiger partial charge in [0.25, 0.3) is 5.56 Å². The van der Waals surface area contributed by atoms with Gasteiger partial charge in [0.15, 0.2) is 0 Å². The quantitative estimate of drug-likeness (QED) is 0.760. The first-order valence-electron chi connectivity index (χ1n) is 7.45. The van der Waals surface area contributed by atoms with E-state index < -0.39 is 11.5 Å². The normalized spacial score (nSPS) is 11.0. The zero-order valence-corrected chi connectivity index (χ0v) is 14.3. The Morgan fingerprint density at radius 3 is 2.46 bits per heavy atom. The molecule has 5 heteroatoms. The fourth-order valence-corrected chi connectivity index (χ4v) is 3.48. The smallest absolute Gasteiger partial charge is 0.342 e. The SMILES string of the molecule is Cc1cc(C)c2c(c1)c(-c1ccccc1Cl)c(C(=O)O)c(=O)n2C. The second-order valence-corrected chi connectivity index (χ2v) is 6.28. The van der Waals surface area contributed by atoms with Gasteiger partial charge in [-0.15, -0.1) is 0 Å². The highest BCUT2D eigenvalue weighted by Gasteiger charge is 2.24. The van der Waals surface area contributed by atoms with Gasteiger partial charge >= 0.3 is 5.97 Å². The summed E-state index contributed by atoms with van der Waals surface area (Å²) in [4.78, 5) is 24.5. The number of aromatic nitrogens is 1. The van der Waals surface area contributed by atoms with Gasteiger partial charge in [-0.05, 0) is 31.5 Å². The minimum absolute atomic E-state index is 0.261. The average Bonchev–Trinajstić information content (AvgIpc) is 2.50.